The summed E-state index contributed by atoms with van der Waals surface area (Å²) >= 11 is 0. The lowest BCUT2D eigenvalue weighted by atomic mass is 10.1. The molecule has 1 aromatic rings. The molecule has 0 saturated heterocycles. The summed E-state index contributed by atoms with van der Waals surface area (Å²) in [6, 6.07) is 8.38. The van der Waals surface area contributed by atoms with Gasteiger partial charge in [0, 0.05) is 0 Å². The molecule has 0 aliphatic rings. The molecule has 0 spiro atoms. The Bertz CT molecular complexity index is 223. The molecule has 0 aromatic heterocycles. The highest BCUT2D eigenvalue weighted by Gasteiger charge is 1.90. The largest absolute Gasteiger partial charge is 0.103 e. The fraction of sp³-hybridized carbons (Fsp3) is 0.200. The molecule has 0 saturated carbocycles. The minimum absolute atomic E-state index is 0.979. The van der Waals surface area contributed by atoms with Crippen LogP contribution in [0.4, 0.5) is 0 Å². The normalized spacial score (nSPS) is 9.30. The van der Waals surface area contributed by atoms with Gasteiger partial charge in [0.2, 0.25) is 0 Å². The number of allylic oxidation sites excluding steroid dienone is 1. The van der Waals surface area contributed by atoms with Gasteiger partial charge in [0.15, 0.2) is 0 Å². The van der Waals surface area contributed by atoms with Gasteiger partial charge in [-0.15, -0.1) is 6.58 Å². The van der Waals surface area contributed by atoms with Gasteiger partial charge in [-0.25, -0.2) is 0 Å². The van der Waals surface area contributed by atoms with Crippen LogP contribution >= 0.6 is 0 Å². The first kappa shape index (κ1) is 7.07. The van der Waals surface area contributed by atoms with Gasteiger partial charge in [-0.3, -0.25) is 0 Å². The van der Waals surface area contributed by atoms with Crippen LogP contribution in [0.15, 0.2) is 36.9 Å². The van der Waals surface area contributed by atoms with Crippen LogP contribution in [0.1, 0.15) is 11.1 Å². The zero-order chi connectivity index (χ0) is 7.40. The first-order valence-electron chi connectivity index (χ1n) is 3.50. The molecular formula is C10H12. The van der Waals surface area contributed by atoms with Gasteiger partial charge in [-0.05, 0) is 24.5 Å². The van der Waals surface area contributed by atoms with E-state index in [9.17, 15) is 0 Å². The zero-order valence-electron chi connectivity index (χ0n) is 6.30. The maximum atomic E-state index is 3.70. The van der Waals surface area contributed by atoms with Crippen molar-refractivity contribution >= 4 is 0 Å². The van der Waals surface area contributed by atoms with Gasteiger partial charge in [-0.2, -0.15) is 0 Å². The Balaban J connectivity index is 2.91. The minimum Gasteiger partial charge on any atom is -0.103 e. The molecule has 0 bridgehead atoms. The molecule has 0 aliphatic heterocycles. The zero-order valence-corrected chi connectivity index (χ0v) is 6.30. The standard InChI is InChI=1S/C10H12/c1-3-6-10-8-5-4-7-9(10)2/h3-5,7-8H,1,6H2,2H3. The third-order valence-corrected chi connectivity index (χ3v) is 1.63. The lowest BCUT2D eigenvalue weighted by Crippen LogP contribution is -1.83. The number of rotatable bonds is 2. The van der Waals surface area contributed by atoms with E-state index in [1.165, 1.54) is 11.1 Å². The quantitative estimate of drug-likeness (QED) is 0.543. The van der Waals surface area contributed by atoms with Crippen molar-refractivity contribution in [3.8, 4) is 0 Å². The highest BCUT2D eigenvalue weighted by Crippen LogP contribution is 2.07. The molecule has 0 atom stereocenters. The first-order valence-corrected chi connectivity index (χ1v) is 3.50. The van der Waals surface area contributed by atoms with E-state index >= 15 is 0 Å². The Hall–Kier alpha value is -1.04. The highest BCUT2D eigenvalue weighted by molar-refractivity contribution is 5.26. The predicted octanol–water partition coefficient (Wildman–Crippen LogP) is 2.72. The highest BCUT2D eigenvalue weighted by atomic mass is 14.0. The van der Waals surface area contributed by atoms with Gasteiger partial charge in [0.25, 0.3) is 0 Å². The van der Waals surface area contributed by atoms with Crippen LogP contribution < -0.4 is 0 Å². The van der Waals surface area contributed by atoms with Crippen LogP contribution in [0.25, 0.3) is 0 Å². The summed E-state index contributed by atoms with van der Waals surface area (Å²) < 4.78 is 0. The van der Waals surface area contributed by atoms with E-state index in [2.05, 4.69) is 37.8 Å². The van der Waals surface area contributed by atoms with Crippen LogP contribution in [0.5, 0.6) is 0 Å². The van der Waals surface area contributed by atoms with E-state index in [4.69, 9.17) is 0 Å². The summed E-state index contributed by atoms with van der Waals surface area (Å²) in [6.07, 6.45) is 2.91. The van der Waals surface area contributed by atoms with Crippen LogP contribution in [0, 0.1) is 6.92 Å². The lowest BCUT2D eigenvalue weighted by Gasteiger charge is -1.99. The summed E-state index contributed by atoms with van der Waals surface area (Å²) in [5.41, 5.74) is 2.72. The molecule has 1 rings (SSSR count). The Kier molecular flexibility index (Phi) is 2.27. The topological polar surface area (TPSA) is 0 Å². The second kappa shape index (κ2) is 3.21. The number of hydrogen-bond acceptors (Lipinski definition) is 0. The molecule has 0 unspecified atom stereocenters. The van der Waals surface area contributed by atoms with Crippen molar-refractivity contribution < 1.29 is 0 Å². The fourth-order valence-corrected chi connectivity index (χ4v) is 0.995. The Morgan fingerprint density at radius 2 is 2.10 bits per heavy atom. The lowest BCUT2D eigenvalue weighted by molar-refractivity contribution is 1.22. The summed E-state index contributed by atoms with van der Waals surface area (Å²) in [4.78, 5) is 0. The molecular weight excluding hydrogens is 120 g/mol. The van der Waals surface area contributed by atoms with E-state index in [-0.39, 0.29) is 0 Å². The maximum absolute atomic E-state index is 3.70. The van der Waals surface area contributed by atoms with Crippen molar-refractivity contribution in [2.24, 2.45) is 0 Å². The van der Waals surface area contributed by atoms with Gasteiger partial charge < -0.3 is 0 Å². The molecule has 0 heterocycles. The average molecular weight is 132 g/mol. The van der Waals surface area contributed by atoms with Crippen molar-refractivity contribution in [1.29, 1.82) is 0 Å². The van der Waals surface area contributed by atoms with Crippen molar-refractivity contribution in [3.63, 3.8) is 0 Å². The van der Waals surface area contributed by atoms with Gasteiger partial charge in [-0.1, -0.05) is 30.3 Å². The molecule has 10 heavy (non-hydrogen) atoms. The molecule has 0 fully saturated rings. The van der Waals surface area contributed by atoms with E-state index in [0.29, 0.717) is 0 Å². The Morgan fingerprint density at radius 3 is 2.70 bits per heavy atom. The van der Waals surface area contributed by atoms with Crippen LogP contribution in [0.2, 0.25) is 0 Å². The van der Waals surface area contributed by atoms with Gasteiger partial charge in [0.05, 0.1) is 0 Å². The molecule has 0 aliphatic carbocycles. The van der Waals surface area contributed by atoms with Crippen molar-refractivity contribution in [3.05, 3.63) is 48.0 Å². The summed E-state index contributed by atoms with van der Waals surface area (Å²) in [5, 5.41) is 0. The predicted molar refractivity (Wildman–Crippen MR) is 45.1 cm³/mol. The first-order chi connectivity index (χ1) is 4.84. The summed E-state index contributed by atoms with van der Waals surface area (Å²) in [5.74, 6) is 0. The molecule has 52 valence electrons. The fourth-order valence-electron chi connectivity index (χ4n) is 0.995. The molecule has 0 nitrogen and oxygen atoms in total. The van der Waals surface area contributed by atoms with Crippen LogP contribution in [-0.2, 0) is 6.42 Å². The molecule has 0 heteroatoms. The van der Waals surface area contributed by atoms with E-state index in [1.807, 2.05) is 6.08 Å². The number of hydrogen-bond donors (Lipinski definition) is 0. The smallest absolute Gasteiger partial charge is 0.00975 e. The number of aryl methyl sites for hydroxylation is 1. The Labute approximate surface area is 62.2 Å². The molecule has 0 amide bonds. The minimum atomic E-state index is 0.979. The Morgan fingerprint density at radius 1 is 1.40 bits per heavy atom. The molecule has 0 N–H and O–H groups in total. The van der Waals surface area contributed by atoms with Crippen molar-refractivity contribution in [2.75, 3.05) is 0 Å². The van der Waals surface area contributed by atoms with Gasteiger partial charge >= 0.3 is 0 Å². The van der Waals surface area contributed by atoms with E-state index < -0.39 is 0 Å². The van der Waals surface area contributed by atoms with Crippen LogP contribution in [0.3, 0.4) is 0 Å². The van der Waals surface area contributed by atoms with Crippen molar-refractivity contribution in [1.82, 2.24) is 0 Å². The SMILES string of the molecule is C=CCc1ccccc1C. The van der Waals surface area contributed by atoms with E-state index in [1.54, 1.807) is 0 Å². The van der Waals surface area contributed by atoms with Crippen molar-refractivity contribution in [2.45, 2.75) is 13.3 Å². The van der Waals surface area contributed by atoms with Gasteiger partial charge in [0.1, 0.15) is 0 Å². The summed E-state index contributed by atoms with van der Waals surface area (Å²) in [6.45, 7) is 5.82. The second-order valence-corrected chi connectivity index (χ2v) is 2.42. The third-order valence-electron chi connectivity index (χ3n) is 1.63. The summed E-state index contributed by atoms with van der Waals surface area (Å²) in [7, 11) is 0. The molecule has 0 radical (unpaired) electrons. The third kappa shape index (κ3) is 1.47. The van der Waals surface area contributed by atoms with E-state index in [0.717, 1.165) is 6.42 Å². The average Bonchev–Trinajstić information content (AvgIpc) is 1.94. The maximum Gasteiger partial charge on any atom is -0.00975 e. The second-order valence-electron chi connectivity index (χ2n) is 2.42. The number of benzene rings is 1. The van der Waals surface area contributed by atoms with Crippen LogP contribution in [-0.4, -0.2) is 0 Å². The monoisotopic (exact) mass is 132 g/mol. The molecule has 1 aromatic carbocycles.